The van der Waals surface area contributed by atoms with Crippen LogP contribution in [0.1, 0.15) is 16.1 Å². The van der Waals surface area contributed by atoms with Crippen molar-refractivity contribution in [3.8, 4) is 0 Å². The lowest BCUT2D eigenvalue weighted by molar-refractivity contribution is 0.0949. The lowest BCUT2D eigenvalue weighted by atomic mass is 10.1. The molecule has 2 rings (SSSR count). The van der Waals surface area contributed by atoms with Crippen LogP contribution in [0, 0.1) is 11.6 Å². The number of benzene rings is 1. The molecule has 4 N–H and O–H groups in total. The van der Waals surface area contributed by atoms with E-state index < -0.39 is 23.2 Å². The standard InChI is InChI=1S/C11H10F2N4O/c12-8-1-6(2-9(13)10(8)14)11(18)16-4-7-3-15-5-17-7/h1-3,5H,4,14H2,(H,15,17)(H,16,18). The van der Waals surface area contributed by atoms with Gasteiger partial charge < -0.3 is 16.0 Å². The van der Waals surface area contributed by atoms with Gasteiger partial charge in [0.1, 0.15) is 17.3 Å². The van der Waals surface area contributed by atoms with Crippen LogP contribution < -0.4 is 11.1 Å². The highest BCUT2D eigenvalue weighted by Crippen LogP contribution is 2.17. The number of nitrogens with zero attached hydrogens (tertiary/aromatic N) is 1. The number of carbonyl (C=O) groups is 1. The van der Waals surface area contributed by atoms with E-state index in [2.05, 4.69) is 15.3 Å². The maximum absolute atomic E-state index is 13.2. The Labute approximate surface area is 101 Å². The Bertz CT molecular complexity index is 545. The maximum Gasteiger partial charge on any atom is 0.251 e. The molecule has 18 heavy (non-hydrogen) atoms. The Balaban J connectivity index is 2.09. The number of hydrogen-bond acceptors (Lipinski definition) is 3. The highest BCUT2D eigenvalue weighted by Gasteiger charge is 2.12. The summed E-state index contributed by atoms with van der Waals surface area (Å²) in [6, 6.07) is 1.78. The van der Waals surface area contributed by atoms with Crippen molar-refractivity contribution >= 4 is 11.6 Å². The van der Waals surface area contributed by atoms with Gasteiger partial charge in [-0.2, -0.15) is 0 Å². The van der Waals surface area contributed by atoms with Gasteiger partial charge in [0.25, 0.3) is 5.91 Å². The molecule has 5 nitrogen and oxygen atoms in total. The van der Waals surface area contributed by atoms with E-state index in [-0.39, 0.29) is 12.1 Å². The first-order chi connectivity index (χ1) is 8.58. The summed E-state index contributed by atoms with van der Waals surface area (Å²) in [6.45, 7) is 0.187. The number of aromatic amines is 1. The number of aromatic nitrogens is 2. The van der Waals surface area contributed by atoms with Crippen molar-refractivity contribution in [1.29, 1.82) is 0 Å². The van der Waals surface area contributed by atoms with Gasteiger partial charge in [0, 0.05) is 11.8 Å². The van der Waals surface area contributed by atoms with Gasteiger partial charge in [-0.3, -0.25) is 4.79 Å². The largest absolute Gasteiger partial charge is 0.394 e. The predicted molar refractivity (Wildman–Crippen MR) is 60.5 cm³/mol. The maximum atomic E-state index is 13.2. The third-order valence-corrected chi connectivity index (χ3v) is 2.34. The smallest absolute Gasteiger partial charge is 0.251 e. The third kappa shape index (κ3) is 2.45. The van der Waals surface area contributed by atoms with Crippen molar-refractivity contribution in [3.63, 3.8) is 0 Å². The zero-order chi connectivity index (χ0) is 13.1. The Morgan fingerprint density at radius 3 is 2.61 bits per heavy atom. The number of H-pyrrole nitrogens is 1. The second-order valence-electron chi connectivity index (χ2n) is 3.61. The Morgan fingerprint density at radius 2 is 2.06 bits per heavy atom. The van der Waals surface area contributed by atoms with Gasteiger partial charge in [0.15, 0.2) is 0 Å². The summed E-state index contributed by atoms with van der Waals surface area (Å²) >= 11 is 0. The molecule has 1 aromatic heterocycles. The van der Waals surface area contributed by atoms with E-state index in [9.17, 15) is 13.6 Å². The molecule has 0 fully saturated rings. The molecule has 0 unspecified atom stereocenters. The van der Waals surface area contributed by atoms with Gasteiger partial charge in [0.05, 0.1) is 18.6 Å². The van der Waals surface area contributed by atoms with Gasteiger partial charge in [-0.15, -0.1) is 0 Å². The highest BCUT2D eigenvalue weighted by atomic mass is 19.1. The van der Waals surface area contributed by atoms with Crippen LogP contribution in [0.3, 0.4) is 0 Å². The van der Waals surface area contributed by atoms with E-state index in [1.165, 1.54) is 12.5 Å². The molecule has 0 saturated heterocycles. The van der Waals surface area contributed by atoms with Crippen molar-refractivity contribution < 1.29 is 13.6 Å². The molecule has 0 aliphatic carbocycles. The fourth-order valence-electron chi connectivity index (χ4n) is 1.37. The number of nitrogens with one attached hydrogen (secondary N) is 2. The average Bonchev–Trinajstić information content (AvgIpc) is 2.85. The zero-order valence-electron chi connectivity index (χ0n) is 9.21. The normalized spacial score (nSPS) is 10.3. The van der Waals surface area contributed by atoms with Crippen LogP contribution in [-0.2, 0) is 6.54 Å². The minimum Gasteiger partial charge on any atom is -0.394 e. The monoisotopic (exact) mass is 252 g/mol. The van der Waals surface area contributed by atoms with Gasteiger partial charge in [-0.05, 0) is 12.1 Å². The van der Waals surface area contributed by atoms with Crippen LogP contribution in [0.5, 0.6) is 0 Å². The molecule has 0 spiro atoms. The number of amides is 1. The molecule has 0 radical (unpaired) electrons. The molecule has 0 atom stereocenters. The Kier molecular flexibility index (Phi) is 3.22. The van der Waals surface area contributed by atoms with Gasteiger partial charge >= 0.3 is 0 Å². The van der Waals surface area contributed by atoms with Crippen LogP contribution >= 0.6 is 0 Å². The first-order valence-corrected chi connectivity index (χ1v) is 5.08. The van der Waals surface area contributed by atoms with Crippen molar-refractivity contribution in [2.45, 2.75) is 6.54 Å². The quantitative estimate of drug-likeness (QED) is 0.718. The molecule has 1 amide bonds. The zero-order valence-corrected chi connectivity index (χ0v) is 9.21. The van der Waals surface area contributed by atoms with Gasteiger partial charge in [-0.25, -0.2) is 13.8 Å². The molecule has 0 aliphatic heterocycles. The molecular weight excluding hydrogens is 242 g/mol. The molecule has 94 valence electrons. The number of nitrogens with two attached hydrogens (primary N) is 1. The number of halogens is 2. The molecule has 1 aromatic carbocycles. The topological polar surface area (TPSA) is 83.8 Å². The lowest BCUT2D eigenvalue weighted by Crippen LogP contribution is -2.23. The van der Waals surface area contributed by atoms with Crippen LogP contribution in [-0.4, -0.2) is 15.9 Å². The summed E-state index contributed by atoms with van der Waals surface area (Å²) in [5, 5.41) is 2.49. The molecule has 1 heterocycles. The number of hydrogen-bond donors (Lipinski definition) is 3. The molecule has 7 heteroatoms. The molecule has 2 aromatic rings. The summed E-state index contributed by atoms with van der Waals surface area (Å²) in [5.41, 5.74) is 5.06. The SMILES string of the molecule is Nc1c(F)cc(C(=O)NCc2cnc[nH]2)cc1F. The summed E-state index contributed by atoms with van der Waals surface area (Å²) in [4.78, 5) is 18.2. The molecular formula is C11H10F2N4O. The average molecular weight is 252 g/mol. The molecule has 0 bridgehead atoms. The van der Waals surface area contributed by atoms with Crippen LogP contribution in [0.25, 0.3) is 0 Å². The van der Waals surface area contributed by atoms with Crippen molar-refractivity contribution in [2.75, 3.05) is 5.73 Å². The minimum atomic E-state index is -0.957. The van der Waals surface area contributed by atoms with E-state index in [1.807, 2.05) is 0 Å². The number of nitrogen functional groups attached to an aromatic ring is 1. The summed E-state index contributed by atoms with van der Waals surface area (Å²) < 4.78 is 26.3. The molecule has 0 saturated carbocycles. The van der Waals surface area contributed by atoms with Crippen LogP contribution in [0.15, 0.2) is 24.7 Å². The first kappa shape index (κ1) is 12.0. The van der Waals surface area contributed by atoms with E-state index in [4.69, 9.17) is 5.73 Å². The fourth-order valence-corrected chi connectivity index (χ4v) is 1.37. The van der Waals surface area contributed by atoms with Crippen molar-refractivity contribution in [3.05, 3.63) is 47.5 Å². The van der Waals surface area contributed by atoms with E-state index >= 15 is 0 Å². The van der Waals surface area contributed by atoms with Gasteiger partial charge in [0.2, 0.25) is 0 Å². The van der Waals surface area contributed by atoms with Gasteiger partial charge in [-0.1, -0.05) is 0 Å². The van der Waals surface area contributed by atoms with E-state index in [1.54, 1.807) is 0 Å². The number of anilines is 1. The Morgan fingerprint density at radius 1 is 1.39 bits per heavy atom. The number of imidazole rings is 1. The summed E-state index contributed by atoms with van der Waals surface area (Å²) in [7, 11) is 0. The Hall–Kier alpha value is -2.44. The number of carbonyl (C=O) groups excluding carboxylic acids is 1. The van der Waals surface area contributed by atoms with E-state index in [0.717, 1.165) is 12.1 Å². The van der Waals surface area contributed by atoms with Crippen molar-refractivity contribution in [2.24, 2.45) is 0 Å². The molecule has 0 aliphatic rings. The summed E-state index contributed by atoms with van der Waals surface area (Å²) in [6.07, 6.45) is 2.99. The second kappa shape index (κ2) is 4.82. The summed E-state index contributed by atoms with van der Waals surface area (Å²) in [5.74, 6) is -2.51. The van der Waals surface area contributed by atoms with Crippen LogP contribution in [0.2, 0.25) is 0 Å². The fraction of sp³-hybridized carbons (Fsp3) is 0.0909. The van der Waals surface area contributed by atoms with Crippen LogP contribution in [0.4, 0.5) is 14.5 Å². The lowest BCUT2D eigenvalue weighted by Gasteiger charge is -2.05. The number of rotatable bonds is 3. The first-order valence-electron chi connectivity index (χ1n) is 5.08. The third-order valence-electron chi connectivity index (χ3n) is 2.34. The predicted octanol–water partition coefficient (Wildman–Crippen LogP) is 1.20. The highest BCUT2D eigenvalue weighted by molar-refractivity contribution is 5.94. The second-order valence-corrected chi connectivity index (χ2v) is 3.61. The minimum absolute atomic E-state index is 0.126. The van der Waals surface area contributed by atoms with Crippen molar-refractivity contribution in [1.82, 2.24) is 15.3 Å². The van der Waals surface area contributed by atoms with E-state index in [0.29, 0.717) is 5.69 Å².